The van der Waals surface area contributed by atoms with E-state index in [4.69, 9.17) is 4.74 Å². The maximum Gasteiger partial charge on any atom is 0.0969 e. The molecule has 0 aliphatic heterocycles. The second-order valence-corrected chi connectivity index (χ2v) is 12.6. The van der Waals surface area contributed by atoms with E-state index in [1.54, 1.807) is 0 Å². The van der Waals surface area contributed by atoms with E-state index in [1.165, 1.54) is 51.0 Å². The highest BCUT2D eigenvalue weighted by Gasteiger charge is 2.35. The summed E-state index contributed by atoms with van der Waals surface area (Å²) in [5, 5.41) is 3.76. The quantitative estimate of drug-likeness (QED) is 0.401. The maximum absolute atomic E-state index is 5.72. The van der Waals surface area contributed by atoms with Gasteiger partial charge < -0.3 is 4.74 Å². The van der Waals surface area contributed by atoms with Crippen LogP contribution in [0.15, 0.2) is 0 Å². The summed E-state index contributed by atoms with van der Waals surface area (Å²) >= 11 is 0. The van der Waals surface area contributed by atoms with Crippen LogP contribution in [0.4, 0.5) is 0 Å². The van der Waals surface area contributed by atoms with Gasteiger partial charge in [-0.1, -0.05) is 52.2 Å². The molecule has 0 unspecified atom stereocenters. The summed E-state index contributed by atoms with van der Waals surface area (Å²) in [5.74, 6) is 0. The van der Waals surface area contributed by atoms with Gasteiger partial charge in [-0.25, -0.2) is 0 Å². The van der Waals surface area contributed by atoms with E-state index in [9.17, 15) is 0 Å². The van der Waals surface area contributed by atoms with Crippen molar-refractivity contribution in [2.75, 3.05) is 13.3 Å². The Balaban J connectivity index is 2.40. The van der Waals surface area contributed by atoms with E-state index in [-0.39, 0.29) is 0 Å². The fraction of sp³-hybridized carbons (Fsp3) is 1.00. The van der Waals surface area contributed by atoms with Crippen molar-refractivity contribution in [1.29, 1.82) is 0 Å². The third-order valence-electron chi connectivity index (χ3n) is 3.87. The molecule has 0 amide bonds. The van der Waals surface area contributed by atoms with E-state index < -0.39 is 8.07 Å². The van der Waals surface area contributed by atoms with Crippen molar-refractivity contribution in [3.05, 3.63) is 0 Å². The van der Waals surface area contributed by atoms with Crippen LogP contribution in [0, 0.1) is 0 Å². The molecule has 0 aromatic rings. The summed E-state index contributed by atoms with van der Waals surface area (Å²) in [4.78, 5) is 0. The van der Waals surface area contributed by atoms with Gasteiger partial charge in [-0.2, -0.15) is 0 Å². The number of rotatable bonds is 8. The molecule has 2 nitrogen and oxygen atoms in total. The van der Waals surface area contributed by atoms with Crippen LogP contribution in [0.25, 0.3) is 0 Å². The standard InChI is InChI=1S/C15H33NOSi/c1-5-6-12-17-14-16-15(13-18(2,3)4)10-8-7-9-11-15/h16H,5-14H2,1-4H3. The second-order valence-electron chi connectivity index (χ2n) is 7.16. The molecule has 0 aromatic carbocycles. The monoisotopic (exact) mass is 271 g/mol. The molecule has 1 aliphatic carbocycles. The highest BCUT2D eigenvalue weighted by atomic mass is 28.3. The lowest BCUT2D eigenvalue weighted by molar-refractivity contribution is 0.0797. The molecule has 0 spiro atoms. The third-order valence-corrected chi connectivity index (χ3v) is 5.61. The van der Waals surface area contributed by atoms with Gasteiger partial charge in [0.2, 0.25) is 0 Å². The molecule has 1 saturated carbocycles. The van der Waals surface area contributed by atoms with Crippen LogP contribution in [-0.4, -0.2) is 27.0 Å². The number of hydrogen-bond donors (Lipinski definition) is 1. The molecule has 0 aromatic heterocycles. The zero-order valence-electron chi connectivity index (χ0n) is 13.0. The molecule has 1 fully saturated rings. The largest absolute Gasteiger partial charge is 0.366 e. The minimum atomic E-state index is -1.01. The van der Waals surface area contributed by atoms with Gasteiger partial charge in [-0.05, 0) is 25.3 Å². The van der Waals surface area contributed by atoms with Crippen molar-refractivity contribution < 1.29 is 4.74 Å². The Hall–Kier alpha value is 0.137. The van der Waals surface area contributed by atoms with Crippen molar-refractivity contribution in [3.63, 3.8) is 0 Å². The van der Waals surface area contributed by atoms with Crippen LogP contribution in [0.3, 0.4) is 0 Å². The Labute approximate surface area is 115 Å². The van der Waals surface area contributed by atoms with Crippen molar-refractivity contribution in [2.24, 2.45) is 0 Å². The predicted octanol–water partition coefficient (Wildman–Crippen LogP) is 4.39. The molecule has 0 bridgehead atoms. The Kier molecular flexibility index (Phi) is 6.89. The lowest BCUT2D eigenvalue weighted by atomic mass is 9.83. The summed E-state index contributed by atoms with van der Waals surface area (Å²) in [7, 11) is -1.01. The molecule has 1 aliphatic rings. The van der Waals surface area contributed by atoms with Crippen LogP contribution in [0.5, 0.6) is 0 Å². The van der Waals surface area contributed by atoms with Crippen molar-refractivity contribution in [2.45, 2.75) is 83.1 Å². The van der Waals surface area contributed by atoms with Crippen LogP contribution >= 0.6 is 0 Å². The Morgan fingerprint density at radius 3 is 2.33 bits per heavy atom. The van der Waals surface area contributed by atoms with Gasteiger partial charge in [-0.3, -0.25) is 5.32 Å². The fourth-order valence-corrected chi connectivity index (χ4v) is 5.69. The number of hydrogen-bond acceptors (Lipinski definition) is 2. The first-order chi connectivity index (χ1) is 8.47. The van der Waals surface area contributed by atoms with Gasteiger partial charge in [0, 0.05) is 20.2 Å². The third kappa shape index (κ3) is 6.35. The zero-order chi connectivity index (χ0) is 13.5. The lowest BCUT2D eigenvalue weighted by Gasteiger charge is -2.42. The van der Waals surface area contributed by atoms with Gasteiger partial charge in [0.1, 0.15) is 0 Å². The smallest absolute Gasteiger partial charge is 0.0969 e. The van der Waals surface area contributed by atoms with Crippen LogP contribution in [0.2, 0.25) is 25.7 Å². The summed E-state index contributed by atoms with van der Waals surface area (Å²) in [6, 6.07) is 1.40. The zero-order valence-corrected chi connectivity index (χ0v) is 14.0. The molecule has 108 valence electrons. The molecule has 1 N–H and O–H groups in total. The molecule has 18 heavy (non-hydrogen) atoms. The SMILES string of the molecule is CCCCOCNC1(C[Si](C)(C)C)CCCCC1. The van der Waals surface area contributed by atoms with Crippen molar-refractivity contribution >= 4 is 8.07 Å². The molecule has 1 rings (SSSR count). The Morgan fingerprint density at radius 1 is 1.11 bits per heavy atom. The summed E-state index contributed by atoms with van der Waals surface area (Å²) in [5.41, 5.74) is 0.398. The van der Waals surface area contributed by atoms with Crippen LogP contribution in [0.1, 0.15) is 51.9 Å². The highest BCUT2D eigenvalue weighted by Crippen LogP contribution is 2.35. The second kappa shape index (κ2) is 7.66. The van der Waals surface area contributed by atoms with Gasteiger partial charge >= 0.3 is 0 Å². The van der Waals surface area contributed by atoms with Gasteiger partial charge in [0.05, 0.1) is 6.73 Å². The molecule has 0 radical (unpaired) electrons. The predicted molar refractivity (Wildman–Crippen MR) is 82.8 cm³/mol. The Morgan fingerprint density at radius 2 is 1.78 bits per heavy atom. The normalized spacial score (nSPS) is 20.0. The van der Waals surface area contributed by atoms with Gasteiger partial charge in [0.15, 0.2) is 0 Å². The highest BCUT2D eigenvalue weighted by molar-refractivity contribution is 6.76. The minimum Gasteiger partial charge on any atom is -0.366 e. The minimum absolute atomic E-state index is 0.398. The lowest BCUT2D eigenvalue weighted by Crippen LogP contribution is -2.51. The molecule has 0 saturated heterocycles. The summed E-state index contributed by atoms with van der Waals surface area (Å²) in [6.07, 6.45) is 9.33. The van der Waals surface area contributed by atoms with Crippen molar-refractivity contribution in [3.8, 4) is 0 Å². The molecule has 3 heteroatoms. The van der Waals surface area contributed by atoms with Gasteiger partial charge in [-0.15, -0.1) is 0 Å². The van der Waals surface area contributed by atoms with E-state index in [0.717, 1.165) is 13.3 Å². The first kappa shape index (κ1) is 16.2. The van der Waals surface area contributed by atoms with Crippen LogP contribution < -0.4 is 5.32 Å². The summed E-state index contributed by atoms with van der Waals surface area (Å²) < 4.78 is 5.72. The average molecular weight is 272 g/mol. The maximum atomic E-state index is 5.72. The molecular formula is C15H33NOSi. The fourth-order valence-electron chi connectivity index (χ4n) is 3.18. The van der Waals surface area contributed by atoms with Gasteiger partial charge in [0.25, 0.3) is 0 Å². The van der Waals surface area contributed by atoms with E-state index >= 15 is 0 Å². The molecular weight excluding hydrogens is 238 g/mol. The van der Waals surface area contributed by atoms with E-state index in [2.05, 4.69) is 31.9 Å². The Bertz CT molecular complexity index is 219. The van der Waals surface area contributed by atoms with E-state index in [1.807, 2.05) is 0 Å². The number of nitrogens with one attached hydrogen (secondary N) is 1. The molecule has 0 heterocycles. The number of ether oxygens (including phenoxy) is 1. The van der Waals surface area contributed by atoms with Crippen LogP contribution in [-0.2, 0) is 4.74 Å². The first-order valence-electron chi connectivity index (χ1n) is 7.80. The summed E-state index contributed by atoms with van der Waals surface area (Å²) in [6.45, 7) is 11.3. The number of unbranched alkanes of at least 4 members (excludes halogenated alkanes) is 1. The average Bonchev–Trinajstić information content (AvgIpc) is 2.27. The topological polar surface area (TPSA) is 21.3 Å². The first-order valence-corrected chi connectivity index (χ1v) is 11.5. The molecule has 0 atom stereocenters. The van der Waals surface area contributed by atoms with E-state index in [0.29, 0.717) is 5.54 Å². The van der Waals surface area contributed by atoms with Crippen molar-refractivity contribution in [1.82, 2.24) is 5.32 Å².